The molecule has 0 saturated heterocycles. The number of aliphatic imine (C=N–C) groups is 1. The number of nitrogens with one attached hydrogen (secondary N) is 1. The van der Waals surface area contributed by atoms with Crippen LogP contribution in [0.4, 0.5) is 5.69 Å². The number of halogens is 1. The fraction of sp³-hybridized carbons (Fsp3) is 0.185. The van der Waals surface area contributed by atoms with Gasteiger partial charge >= 0.3 is 0 Å². The molecule has 2 aliphatic heterocycles. The van der Waals surface area contributed by atoms with Crippen molar-refractivity contribution in [3.05, 3.63) is 101 Å². The van der Waals surface area contributed by atoms with Crippen LogP contribution < -0.4 is 5.32 Å². The number of amides is 2. The number of hydrogen-bond acceptors (Lipinski definition) is 5. The number of benzene rings is 3. The summed E-state index contributed by atoms with van der Waals surface area (Å²) in [5, 5.41) is 9.97. The molecule has 2 atom stereocenters. The van der Waals surface area contributed by atoms with Gasteiger partial charge in [-0.15, -0.1) is 0 Å². The normalized spacial score (nSPS) is 19.5. The molecule has 2 amide bonds. The zero-order valence-corrected chi connectivity index (χ0v) is 20.6. The minimum absolute atomic E-state index is 0.0152. The fourth-order valence-corrected chi connectivity index (χ4v) is 5.34. The van der Waals surface area contributed by atoms with Crippen molar-refractivity contribution in [2.24, 2.45) is 10.1 Å². The number of hydrogen-bond donors (Lipinski definition) is 1. The van der Waals surface area contributed by atoms with Crippen molar-refractivity contribution in [1.29, 1.82) is 0 Å². The Morgan fingerprint density at radius 3 is 2.60 bits per heavy atom. The van der Waals surface area contributed by atoms with Gasteiger partial charge in [0.1, 0.15) is 5.25 Å². The molecule has 0 aromatic heterocycles. The molecule has 2 heterocycles. The monoisotopic (exact) mass is 502 g/mol. The first-order valence-corrected chi connectivity index (χ1v) is 12.6. The first-order chi connectivity index (χ1) is 17.0. The maximum atomic E-state index is 12.7. The number of carbonyl (C=O) groups excluding carboxylic acids is 2. The molecule has 8 heteroatoms. The summed E-state index contributed by atoms with van der Waals surface area (Å²) in [6.07, 6.45) is 0.710. The number of anilines is 1. The second-order valence-electron chi connectivity index (χ2n) is 8.49. The summed E-state index contributed by atoms with van der Waals surface area (Å²) in [4.78, 5) is 29.6. The van der Waals surface area contributed by atoms with Crippen LogP contribution in [0.5, 0.6) is 0 Å². The summed E-state index contributed by atoms with van der Waals surface area (Å²) in [5.41, 5.74) is 4.85. The lowest BCUT2D eigenvalue weighted by Gasteiger charge is -2.23. The summed E-state index contributed by atoms with van der Waals surface area (Å²) < 4.78 is 0. The van der Waals surface area contributed by atoms with Gasteiger partial charge in [0.2, 0.25) is 5.91 Å². The summed E-state index contributed by atoms with van der Waals surface area (Å²) in [7, 11) is 0. The molecule has 1 N–H and O–H groups in total. The van der Waals surface area contributed by atoms with E-state index in [1.165, 1.54) is 17.3 Å². The van der Waals surface area contributed by atoms with Crippen LogP contribution in [0.15, 0.2) is 89.0 Å². The van der Waals surface area contributed by atoms with E-state index in [0.717, 1.165) is 16.8 Å². The van der Waals surface area contributed by atoms with Crippen LogP contribution >= 0.6 is 23.4 Å². The van der Waals surface area contributed by atoms with E-state index in [0.29, 0.717) is 22.3 Å². The summed E-state index contributed by atoms with van der Waals surface area (Å²) in [6, 6.07) is 25.2. The Bertz CT molecular complexity index is 1320. The second-order valence-corrected chi connectivity index (χ2v) is 10.1. The number of carbonyl (C=O) groups is 2. The summed E-state index contributed by atoms with van der Waals surface area (Å²) in [5.74, 6) is -0.586. The zero-order chi connectivity index (χ0) is 24.4. The van der Waals surface area contributed by atoms with Gasteiger partial charge in [0.05, 0.1) is 11.8 Å². The molecular formula is C27H23ClN4O2S. The van der Waals surface area contributed by atoms with Crippen molar-refractivity contribution in [3.63, 3.8) is 0 Å². The van der Waals surface area contributed by atoms with Gasteiger partial charge in [-0.3, -0.25) is 9.59 Å². The second kappa shape index (κ2) is 10.1. The van der Waals surface area contributed by atoms with Crippen LogP contribution in [-0.2, 0) is 9.59 Å². The molecule has 6 nitrogen and oxygen atoms in total. The Morgan fingerprint density at radius 1 is 1.09 bits per heavy atom. The van der Waals surface area contributed by atoms with Crippen molar-refractivity contribution in [3.8, 4) is 0 Å². The highest BCUT2D eigenvalue weighted by atomic mass is 35.5. The number of nitrogens with zero attached hydrogens (tertiary/aromatic N) is 3. The Morgan fingerprint density at radius 2 is 1.86 bits per heavy atom. The predicted molar refractivity (Wildman–Crippen MR) is 142 cm³/mol. The minimum Gasteiger partial charge on any atom is -0.326 e. The number of thioether (sulfide) groups is 1. The third kappa shape index (κ3) is 5.31. The molecule has 176 valence electrons. The molecule has 3 aromatic rings. The quantitative estimate of drug-likeness (QED) is 0.476. The SMILES string of the molecule is Cc1ccc(C2CC(c3ccccc3)=NN2C2=NC(=O)C(CC(=O)Nc3cccc(Cl)c3)S2)cc1. The van der Waals surface area contributed by atoms with E-state index in [4.69, 9.17) is 16.7 Å². The van der Waals surface area contributed by atoms with E-state index in [9.17, 15) is 9.59 Å². The smallest absolute Gasteiger partial charge is 0.262 e. The molecule has 0 spiro atoms. The standard InChI is InChI=1S/C27H23ClN4O2S/c1-17-10-12-19(13-11-17)23-15-22(18-6-3-2-4-7-18)31-32(23)27-30-26(34)24(35-27)16-25(33)29-21-9-5-8-20(28)14-21/h2-14,23-24H,15-16H2,1H3,(H,29,33). The first-order valence-electron chi connectivity index (χ1n) is 11.3. The van der Waals surface area contributed by atoms with Crippen molar-refractivity contribution < 1.29 is 9.59 Å². The van der Waals surface area contributed by atoms with Gasteiger partial charge in [0.25, 0.3) is 5.91 Å². The van der Waals surface area contributed by atoms with E-state index < -0.39 is 5.25 Å². The maximum absolute atomic E-state index is 12.7. The van der Waals surface area contributed by atoms with Gasteiger partial charge in [-0.25, -0.2) is 5.01 Å². The molecular weight excluding hydrogens is 480 g/mol. The van der Waals surface area contributed by atoms with Crippen LogP contribution in [0.2, 0.25) is 5.02 Å². The topological polar surface area (TPSA) is 74.1 Å². The molecule has 5 rings (SSSR count). The Kier molecular flexibility index (Phi) is 6.70. The molecule has 0 bridgehead atoms. The molecule has 0 radical (unpaired) electrons. The molecule has 2 unspecified atom stereocenters. The third-order valence-electron chi connectivity index (χ3n) is 5.88. The molecule has 0 saturated carbocycles. The van der Waals surface area contributed by atoms with Crippen molar-refractivity contribution in [2.45, 2.75) is 31.1 Å². The van der Waals surface area contributed by atoms with Gasteiger partial charge in [0.15, 0.2) is 5.17 Å². The number of hydrazone groups is 1. The highest BCUT2D eigenvalue weighted by Gasteiger charge is 2.39. The summed E-state index contributed by atoms with van der Waals surface area (Å²) in [6.45, 7) is 2.05. The van der Waals surface area contributed by atoms with Gasteiger partial charge in [0, 0.05) is 23.6 Å². The highest BCUT2D eigenvalue weighted by Crippen LogP contribution is 2.38. The average Bonchev–Trinajstić information content (AvgIpc) is 3.44. The maximum Gasteiger partial charge on any atom is 0.262 e. The molecule has 0 fully saturated rings. The zero-order valence-electron chi connectivity index (χ0n) is 19.0. The molecule has 3 aromatic carbocycles. The van der Waals surface area contributed by atoms with Crippen LogP contribution in [-0.4, -0.2) is 33.0 Å². The Balaban J connectivity index is 1.34. The van der Waals surface area contributed by atoms with Crippen LogP contribution in [0.25, 0.3) is 0 Å². The lowest BCUT2D eigenvalue weighted by atomic mass is 9.98. The highest BCUT2D eigenvalue weighted by molar-refractivity contribution is 8.15. The van der Waals surface area contributed by atoms with Gasteiger partial charge in [-0.05, 0) is 36.2 Å². The number of aryl methyl sites for hydroxylation is 1. The van der Waals surface area contributed by atoms with E-state index in [-0.39, 0.29) is 24.3 Å². The summed E-state index contributed by atoms with van der Waals surface area (Å²) >= 11 is 7.29. The Labute approximate surface area is 213 Å². The Hall–Kier alpha value is -3.42. The van der Waals surface area contributed by atoms with Crippen LogP contribution in [0.1, 0.15) is 35.6 Å². The van der Waals surface area contributed by atoms with E-state index in [2.05, 4.69) is 41.5 Å². The fourth-order valence-electron chi connectivity index (χ4n) is 4.09. The van der Waals surface area contributed by atoms with Crippen LogP contribution in [0.3, 0.4) is 0 Å². The lowest BCUT2D eigenvalue weighted by Crippen LogP contribution is -2.25. The largest absolute Gasteiger partial charge is 0.326 e. The van der Waals surface area contributed by atoms with E-state index in [1.807, 2.05) is 35.3 Å². The predicted octanol–water partition coefficient (Wildman–Crippen LogP) is 5.83. The number of amidine groups is 1. The third-order valence-corrected chi connectivity index (χ3v) is 7.26. The van der Waals surface area contributed by atoms with E-state index >= 15 is 0 Å². The molecule has 35 heavy (non-hydrogen) atoms. The average molecular weight is 503 g/mol. The van der Waals surface area contributed by atoms with E-state index in [1.54, 1.807) is 24.3 Å². The van der Waals surface area contributed by atoms with Crippen molar-refractivity contribution >= 4 is 51.7 Å². The van der Waals surface area contributed by atoms with Gasteiger partial charge in [-0.1, -0.05) is 89.6 Å². The van der Waals surface area contributed by atoms with Gasteiger partial charge < -0.3 is 5.32 Å². The molecule has 2 aliphatic rings. The number of rotatable bonds is 5. The molecule has 0 aliphatic carbocycles. The van der Waals surface area contributed by atoms with Crippen LogP contribution in [0, 0.1) is 6.92 Å². The lowest BCUT2D eigenvalue weighted by molar-refractivity contribution is -0.121. The first kappa shape index (κ1) is 23.3. The minimum atomic E-state index is -0.598. The van der Waals surface area contributed by atoms with Gasteiger partial charge in [-0.2, -0.15) is 10.1 Å². The van der Waals surface area contributed by atoms with Crippen molar-refractivity contribution in [2.75, 3.05) is 5.32 Å². The van der Waals surface area contributed by atoms with Crippen molar-refractivity contribution in [1.82, 2.24) is 5.01 Å².